The van der Waals surface area contributed by atoms with Gasteiger partial charge in [-0.25, -0.2) is 0 Å². The molecule has 3 aromatic rings. The number of nitrogens with one attached hydrogen (secondary N) is 2. The molecule has 0 aliphatic heterocycles. The first-order chi connectivity index (χ1) is 14.0. The van der Waals surface area contributed by atoms with E-state index in [1.54, 1.807) is 18.2 Å². The van der Waals surface area contributed by atoms with Crippen LogP contribution in [0.3, 0.4) is 0 Å². The smallest absolute Gasteiger partial charge is 0.227 e. The minimum Gasteiger partial charge on any atom is -0.358 e. The van der Waals surface area contributed by atoms with Gasteiger partial charge in [-0.2, -0.15) is 0 Å². The highest BCUT2D eigenvalue weighted by atomic mass is 35.5. The Labute approximate surface area is 179 Å². The summed E-state index contributed by atoms with van der Waals surface area (Å²) in [5.74, 6) is -0.117. The molecule has 1 amide bonds. The molecular formula is C23H22Cl2N2O2. The van der Waals surface area contributed by atoms with Crippen molar-refractivity contribution in [3.8, 4) is 0 Å². The first-order valence-corrected chi connectivity index (χ1v) is 10.6. The maximum absolute atomic E-state index is 13.3. The Kier molecular flexibility index (Phi) is 5.66. The van der Waals surface area contributed by atoms with Crippen LogP contribution in [0.25, 0.3) is 10.9 Å². The summed E-state index contributed by atoms with van der Waals surface area (Å²) in [6, 6.07) is 10.6. The fraction of sp³-hybridized carbons (Fsp3) is 0.304. The monoisotopic (exact) mass is 428 g/mol. The van der Waals surface area contributed by atoms with Crippen molar-refractivity contribution in [1.82, 2.24) is 4.98 Å². The number of H-pyrrole nitrogens is 1. The summed E-state index contributed by atoms with van der Waals surface area (Å²) in [5, 5.41) is 4.40. The van der Waals surface area contributed by atoms with Crippen molar-refractivity contribution < 1.29 is 9.59 Å². The fourth-order valence-electron chi connectivity index (χ4n) is 4.15. The van der Waals surface area contributed by atoms with Gasteiger partial charge in [-0.05, 0) is 50.1 Å². The minimum atomic E-state index is -0.236. The number of aromatic nitrogens is 1. The fourth-order valence-corrected chi connectivity index (χ4v) is 4.71. The van der Waals surface area contributed by atoms with Gasteiger partial charge >= 0.3 is 0 Å². The van der Waals surface area contributed by atoms with Crippen molar-refractivity contribution in [1.29, 1.82) is 0 Å². The third-order valence-electron chi connectivity index (χ3n) is 5.65. The number of anilines is 1. The summed E-state index contributed by atoms with van der Waals surface area (Å²) in [6.45, 7) is 1.85. The second-order valence-corrected chi connectivity index (χ2v) is 8.45. The number of halogens is 2. The Balaban J connectivity index is 1.70. The van der Waals surface area contributed by atoms with Crippen molar-refractivity contribution in [2.75, 3.05) is 5.32 Å². The molecular weight excluding hydrogens is 407 g/mol. The molecule has 1 aliphatic rings. The molecule has 0 spiro atoms. The molecule has 0 bridgehead atoms. The number of aryl methyl sites for hydroxylation is 1. The zero-order valence-corrected chi connectivity index (χ0v) is 17.7. The Bertz CT molecular complexity index is 1080. The van der Waals surface area contributed by atoms with Crippen molar-refractivity contribution in [3.63, 3.8) is 0 Å². The molecule has 1 fully saturated rings. The van der Waals surface area contributed by atoms with Gasteiger partial charge in [-0.1, -0.05) is 48.5 Å². The maximum atomic E-state index is 13.3. The molecule has 1 aliphatic carbocycles. The summed E-state index contributed by atoms with van der Waals surface area (Å²) in [5.41, 5.74) is 3.05. The number of carbonyl (C=O) groups is 2. The summed E-state index contributed by atoms with van der Waals surface area (Å²) in [4.78, 5) is 29.1. The molecule has 150 valence electrons. The topological polar surface area (TPSA) is 62.0 Å². The van der Waals surface area contributed by atoms with E-state index in [0.717, 1.165) is 42.3 Å². The molecule has 1 heterocycles. The molecule has 0 radical (unpaired) electrons. The second kappa shape index (κ2) is 8.21. The van der Waals surface area contributed by atoms with E-state index in [2.05, 4.69) is 10.3 Å². The molecule has 1 aromatic heterocycles. The molecule has 0 atom stereocenters. The van der Waals surface area contributed by atoms with Crippen LogP contribution in [0.2, 0.25) is 10.0 Å². The average Bonchev–Trinajstić information content (AvgIpc) is 3.03. The number of hydrogen-bond acceptors (Lipinski definition) is 2. The quantitative estimate of drug-likeness (QED) is 0.463. The van der Waals surface area contributed by atoms with E-state index >= 15 is 0 Å². The second-order valence-electron chi connectivity index (χ2n) is 7.64. The maximum Gasteiger partial charge on any atom is 0.227 e. The predicted molar refractivity (Wildman–Crippen MR) is 118 cm³/mol. The lowest BCUT2D eigenvalue weighted by Gasteiger charge is -2.20. The van der Waals surface area contributed by atoms with Gasteiger partial charge in [0.25, 0.3) is 0 Å². The first-order valence-electron chi connectivity index (χ1n) is 9.87. The number of aromatic amines is 1. The van der Waals surface area contributed by atoms with E-state index in [0.29, 0.717) is 21.3 Å². The summed E-state index contributed by atoms with van der Waals surface area (Å²) in [7, 11) is 0. The molecule has 0 saturated heterocycles. The molecule has 2 aromatic carbocycles. The normalized spacial score (nSPS) is 14.9. The lowest BCUT2D eigenvalue weighted by molar-refractivity contribution is -0.120. The van der Waals surface area contributed by atoms with E-state index in [4.69, 9.17) is 23.2 Å². The third-order valence-corrected chi connectivity index (χ3v) is 6.28. The number of carbonyl (C=O) groups excluding carboxylic acids is 2. The Hall–Kier alpha value is -2.30. The van der Waals surface area contributed by atoms with Crippen LogP contribution in [-0.2, 0) is 4.79 Å². The van der Waals surface area contributed by atoms with Gasteiger partial charge in [0.1, 0.15) is 0 Å². The largest absolute Gasteiger partial charge is 0.358 e. The number of rotatable bonds is 4. The standard InChI is InChI=1S/C23H22Cl2N2O2/c1-13-20(22(28)21-17(24)8-5-9-18(21)25)16-12-15(10-11-19(16)26-13)27-23(29)14-6-3-2-4-7-14/h5,8-12,14,26H,2-4,6-7H2,1H3,(H,27,29). The molecule has 2 N–H and O–H groups in total. The number of benzene rings is 2. The average molecular weight is 429 g/mol. The van der Waals surface area contributed by atoms with Crippen LogP contribution in [0, 0.1) is 12.8 Å². The van der Waals surface area contributed by atoms with Crippen LogP contribution in [0.1, 0.15) is 53.7 Å². The van der Waals surface area contributed by atoms with Crippen LogP contribution in [0.5, 0.6) is 0 Å². The number of hydrogen-bond donors (Lipinski definition) is 2. The summed E-state index contributed by atoms with van der Waals surface area (Å²) < 4.78 is 0. The SMILES string of the molecule is Cc1[nH]c2ccc(NC(=O)C3CCCCC3)cc2c1C(=O)c1c(Cl)cccc1Cl. The van der Waals surface area contributed by atoms with Crippen molar-refractivity contribution in [3.05, 3.63) is 63.3 Å². The third kappa shape index (κ3) is 3.92. The van der Waals surface area contributed by atoms with Crippen LogP contribution < -0.4 is 5.32 Å². The number of fused-ring (bicyclic) bond motifs is 1. The van der Waals surface area contributed by atoms with Crippen LogP contribution >= 0.6 is 23.2 Å². The zero-order chi connectivity index (χ0) is 20.5. The Morgan fingerprint density at radius 2 is 1.69 bits per heavy atom. The van der Waals surface area contributed by atoms with Crippen LogP contribution in [-0.4, -0.2) is 16.7 Å². The van der Waals surface area contributed by atoms with Gasteiger partial charge in [-0.3, -0.25) is 9.59 Å². The lowest BCUT2D eigenvalue weighted by atomic mass is 9.88. The lowest BCUT2D eigenvalue weighted by Crippen LogP contribution is -2.24. The van der Waals surface area contributed by atoms with E-state index < -0.39 is 0 Å². The molecule has 6 heteroatoms. The van der Waals surface area contributed by atoms with Gasteiger partial charge < -0.3 is 10.3 Å². The number of amides is 1. The minimum absolute atomic E-state index is 0.0540. The molecule has 4 rings (SSSR count). The molecule has 0 unspecified atom stereocenters. The summed E-state index contributed by atoms with van der Waals surface area (Å²) in [6.07, 6.45) is 5.28. The predicted octanol–water partition coefficient (Wildman–Crippen LogP) is 6.53. The molecule has 29 heavy (non-hydrogen) atoms. The molecule has 1 saturated carbocycles. The highest BCUT2D eigenvalue weighted by Crippen LogP contribution is 2.33. The van der Waals surface area contributed by atoms with Crippen molar-refractivity contribution in [2.24, 2.45) is 5.92 Å². The van der Waals surface area contributed by atoms with E-state index in [1.807, 2.05) is 25.1 Å². The van der Waals surface area contributed by atoms with Crippen LogP contribution in [0.15, 0.2) is 36.4 Å². The molecule has 4 nitrogen and oxygen atoms in total. The van der Waals surface area contributed by atoms with Crippen molar-refractivity contribution in [2.45, 2.75) is 39.0 Å². The van der Waals surface area contributed by atoms with Gasteiger partial charge in [-0.15, -0.1) is 0 Å². The number of ketones is 1. The van der Waals surface area contributed by atoms with Gasteiger partial charge in [0.05, 0.1) is 21.2 Å². The van der Waals surface area contributed by atoms with E-state index in [-0.39, 0.29) is 23.2 Å². The van der Waals surface area contributed by atoms with E-state index in [1.165, 1.54) is 6.42 Å². The van der Waals surface area contributed by atoms with Gasteiger partial charge in [0.15, 0.2) is 5.78 Å². The summed E-state index contributed by atoms with van der Waals surface area (Å²) >= 11 is 12.5. The first kappa shape index (κ1) is 20.0. The Morgan fingerprint density at radius 3 is 2.38 bits per heavy atom. The van der Waals surface area contributed by atoms with Gasteiger partial charge in [0, 0.05) is 28.2 Å². The van der Waals surface area contributed by atoms with Gasteiger partial charge in [0.2, 0.25) is 5.91 Å². The van der Waals surface area contributed by atoms with Crippen LogP contribution in [0.4, 0.5) is 5.69 Å². The highest BCUT2D eigenvalue weighted by Gasteiger charge is 2.24. The van der Waals surface area contributed by atoms with E-state index in [9.17, 15) is 9.59 Å². The van der Waals surface area contributed by atoms with Crippen molar-refractivity contribution >= 4 is 51.5 Å². The zero-order valence-electron chi connectivity index (χ0n) is 16.1. The highest BCUT2D eigenvalue weighted by molar-refractivity contribution is 6.41. The Morgan fingerprint density at radius 1 is 1.00 bits per heavy atom.